The molecule has 0 bridgehead atoms. The molecule has 0 saturated heterocycles. The second kappa shape index (κ2) is 10.7. The summed E-state index contributed by atoms with van der Waals surface area (Å²) in [6, 6.07) is 25.6. The number of nitrogens with one attached hydrogen (secondary N) is 1. The molecule has 7 rings (SSSR count). The summed E-state index contributed by atoms with van der Waals surface area (Å²) < 4.78 is 13.2. The van der Waals surface area contributed by atoms with Crippen molar-refractivity contribution in [2.24, 2.45) is 0 Å². The number of allylic oxidation sites excluding steroid dienone is 2. The van der Waals surface area contributed by atoms with Gasteiger partial charge in [-0.1, -0.05) is 66.4 Å². The number of fused-ring (bicyclic) bond motifs is 1. The number of oxazole rings is 1. The monoisotopic (exact) mass is 561 g/mol. The summed E-state index contributed by atoms with van der Waals surface area (Å²) in [6.07, 6.45) is 3.98. The van der Waals surface area contributed by atoms with Crippen molar-refractivity contribution in [2.45, 2.75) is 36.2 Å². The molecule has 0 saturated carbocycles. The Morgan fingerprint density at radius 2 is 1.80 bits per heavy atom. The van der Waals surface area contributed by atoms with Crippen molar-refractivity contribution < 1.29 is 13.9 Å². The third-order valence-corrected chi connectivity index (χ3v) is 8.32. The summed E-state index contributed by atoms with van der Waals surface area (Å²) in [5.41, 5.74) is 5.77. The second-order valence-corrected chi connectivity index (χ2v) is 11.0. The second-order valence-electron chi connectivity index (χ2n) is 10.0. The van der Waals surface area contributed by atoms with Gasteiger partial charge in [0.05, 0.1) is 13.3 Å². The normalized spacial score (nSPS) is 16.2. The van der Waals surface area contributed by atoms with Gasteiger partial charge in [-0.25, -0.2) is 9.67 Å². The number of hydrogen-bond acceptors (Lipinski definition) is 8. The molecule has 9 heteroatoms. The lowest BCUT2D eigenvalue weighted by atomic mass is 9.85. The molecule has 8 nitrogen and oxygen atoms in total. The number of thioether (sulfide) groups is 1. The maximum Gasteiger partial charge on any atom is 0.227 e. The zero-order chi connectivity index (χ0) is 27.8. The van der Waals surface area contributed by atoms with E-state index in [0.717, 1.165) is 57.9 Å². The van der Waals surface area contributed by atoms with Crippen LogP contribution in [0.15, 0.2) is 106 Å². The molecule has 2 aromatic heterocycles. The number of methoxy groups -OCH3 is 1. The predicted molar refractivity (Wildman–Crippen MR) is 158 cm³/mol. The number of carbonyl (C=O) groups is 1. The lowest BCUT2D eigenvalue weighted by Crippen LogP contribution is -2.31. The van der Waals surface area contributed by atoms with E-state index in [-0.39, 0.29) is 11.8 Å². The van der Waals surface area contributed by atoms with Gasteiger partial charge in [0.1, 0.15) is 11.8 Å². The largest absolute Gasteiger partial charge is 0.497 e. The van der Waals surface area contributed by atoms with Crippen molar-refractivity contribution in [1.82, 2.24) is 19.7 Å². The van der Waals surface area contributed by atoms with E-state index in [2.05, 4.69) is 22.4 Å². The maximum atomic E-state index is 13.1. The Morgan fingerprint density at radius 3 is 2.59 bits per heavy atom. The Balaban J connectivity index is 1.09. The molecule has 1 aliphatic carbocycles. The molecular formula is C32H27N5O3S. The lowest BCUT2D eigenvalue weighted by molar-refractivity contribution is -0.116. The number of Topliss-reactive ketones (excluding diaryl/α,β-unsaturated/α-hetero) is 1. The molecule has 1 atom stereocenters. The van der Waals surface area contributed by atoms with Crippen LogP contribution in [-0.2, 0) is 10.5 Å². The lowest BCUT2D eigenvalue weighted by Gasteiger charge is -2.32. The van der Waals surface area contributed by atoms with Crippen LogP contribution in [0.1, 0.15) is 36.4 Å². The van der Waals surface area contributed by atoms with Crippen LogP contribution in [0.5, 0.6) is 5.75 Å². The minimum Gasteiger partial charge on any atom is -0.497 e. The van der Waals surface area contributed by atoms with Crippen molar-refractivity contribution in [2.75, 3.05) is 12.4 Å². The van der Waals surface area contributed by atoms with E-state index in [4.69, 9.17) is 19.2 Å². The third kappa shape index (κ3) is 4.93. The molecule has 0 spiro atoms. The molecular weight excluding hydrogens is 534 g/mol. The first-order valence-electron chi connectivity index (χ1n) is 13.5. The van der Waals surface area contributed by atoms with Gasteiger partial charge in [-0.15, -0.1) is 5.10 Å². The zero-order valence-corrected chi connectivity index (χ0v) is 23.2. The van der Waals surface area contributed by atoms with Crippen LogP contribution in [-0.4, -0.2) is 32.6 Å². The molecule has 0 unspecified atom stereocenters. The Bertz CT molecular complexity index is 1740. The van der Waals surface area contributed by atoms with Gasteiger partial charge in [0.2, 0.25) is 17.0 Å². The maximum absolute atomic E-state index is 13.1. The topological polar surface area (TPSA) is 95.1 Å². The molecule has 0 fully saturated rings. The number of nitrogens with zero attached hydrogens (tertiary/aromatic N) is 4. The molecule has 0 radical (unpaired) electrons. The van der Waals surface area contributed by atoms with Crippen molar-refractivity contribution in [3.63, 3.8) is 0 Å². The van der Waals surface area contributed by atoms with Crippen LogP contribution in [0.3, 0.4) is 0 Å². The van der Waals surface area contributed by atoms with Gasteiger partial charge in [-0.3, -0.25) is 4.79 Å². The van der Waals surface area contributed by atoms with Gasteiger partial charge >= 0.3 is 0 Å². The third-order valence-electron chi connectivity index (χ3n) is 7.41. The molecule has 2 aliphatic rings. The zero-order valence-electron chi connectivity index (χ0n) is 22.4. The van der Waals surface area contributed by atoms with Gasteiger partial charge in [-0.2, -0.15) is 4.98 Å². The quantitative estimate of drug-likeness (QED) is 0.214. The van der Waals surface area contributed by atoms with Crippen molar-refractivity contribution in [3.05, 3.63) is 107 Å². The molecule has 0 amide bonds. The van der Waals surface area contributed by atoms with Gasteiger partial charge in [-0.05, 0) is 48.2 Å². The van der Waals surface area contributed by atoms with E-state index in [1.165, 1.54) is 0 Å². The van der Waals surface area contributed by atoms with Gasteiger partial charge in [0.15, 0.2) is 11.5 Å². The number of ketones is 1. The first-order chi connectivity index (χ1) is 20.2. The van der Waals surface area contributed by atoms with Crippen LogP contribution < -0.4 is 10.1 Å². The Hall–Kier alpha value is -4.63. The summed E-state index contributed by atoms with van der Waals surface area (Å²) in [5, 5.41) is 8.91. The number of hydrogen-bond donors (Lipinski definition) is 1. The summed E-state index contributed by atoms with van der Waals surface area (Å²) in [7, 11) is 1.65. The average Bonchev–Trinajstić information content (AvgIpc) is 3.68. The average molecular weight is 562 g/mol. The highest BCUT2D eigenvalue weighted by atomic mass is 32.2. The molecule has 1 N–H and O–H groups in total. The van der Waals surface area contributed by atoms with E-state index in [1.54, 1.807) is 25.1 Å². The molecule has 41 heavy (non-hydrogen) atoms. The SMILES string of the molecule is COc1ccc([C@H]2C3=C(CCCC3=O)Nc3nc(SCc4ccc(-c5ncc(-c6ccccc6)o5)cc4)nn32)cc1. The van der Waals surface area contributed by atoms with Crippen LogP contribution in [0.4, 0.5) is 5.95 Å². The van der Waals surface area contributed by atoms with Crippen LogP contribution in [0, 0.1) is 0 Å². The fourth-order valence-corrected chi connectivity index (χ4v) is 6.11. The first-order valence-corrected chi connectivity index (χ1v) is 14.5. The summed E-state index contributed by atoms with van der Waals surface area (Å²) in [5.74, 6) is 3.63. The van der Waals surface area contributed by atoms with Crippen molar-refractivity contribution in [3.8, 4) is 28.5 Å². The molecule has 1 aliphatic heterocycles. The number of carbonyl (C=O) groups excluding carboxylic acids is 1. The minimum atomic E-state index is -0.317. The van der Waals surface area contributed by atoms with E-state index < -0.39 is 0 Å². The van der Waals surface area contributed by atoms with E-state index in [1.807, 2.05) is 71.4 Å². The van der Waals surface area contributed by atoms with Gasteiger partial charge in [0.25, 0.3) is 0 Å². The smallest absolute Gasteiger partial charge is 0.227 e. The van der Waals surface area contributed by atoms with E-state index in [9.17, 15) is 4.79 Å². The highest BCUT2D eigenvalue weighted by molar-refractivity contribution is 7.98. The predicted octanol–water partition coefficient (Wildman–Crippen LogP) is 6.92. The number of anilines is 1. The summed E-state index contributed by atoms with van der Waals surface area (Å²) in [4.78, 5) is 22.3. The first kappa shape index (κ1) is 25.3. The number of rotatable bonds is 7. The van der Waals surface area contributed by atoms with Crippen LogP contribution in [0.2, 0.25) is 0 Å². The van der Waals surface area contributed by atoms with Gasteiger partial charge in [0, 0.05) is 34.6 Å². The van der Waals surface area contributed by atoms with E-state index in [0.29, 0.717) is 29.2 Å². The minimum absolute atomic E-state index is 0.164. The summed E-state index contributed by atoms with van der Waals surface area (Å²) in [6.45, 7) is 0. The Morgan fingerprint density at radius 1 is 1.00 bits per heavy atom. The molecule has 3 heterocycles. The van der Waals surface area contributed by atoms with Crippen molar-refractivity contribution in [1.29, 1.82) is 0 Å². The highest BCUT2D eigenvalue weighted by Gasteiger charge is 2.36. The number of aromatic nitrogens is 4. The number of ether oxygens (including phenoxy) is 1. The van der Waals surface area contributed by atoms with Gasteiger partial charge < -0.3 is 14.5 Å². The Labute approximate surface area is 241 Å². The van der Waals surface area contributed by atoms with Crippen LogP contribution in [0.25, 0.3) is 22.8 Å². The molecule has 5 aromatic rings. The molecule has 3 aromatic carbocycles. The highest BCUT2D eigenvalue weighted by Crippen LogP contribution is 2.41. The fourth-order valence-electron chi connectivity index (χ4n) is 5.33. The molecule has 204 valence electrons. The number of benzene rings is 3. The summed E-state index contributed by atoms with van der Waals surface area (Å²) >= 11 is 1.56. The standard InChI is InChI=1S/C32H27N5O3S/c1-39-24-16-14-22(15-17-24)29-28-25(8-5-9-26(28)38)34-31-35-32(36-37(29)31)41-19-20-10-12-23(13-11-20)30-33-18-27(40-30)21-6-3-2-4-7-21/h2-4,6-7,10-18,29H,5,8-9,19H2,1H3,(H,34,35,36)/t29-/m0/s1. The van der Waals surface area contributed by atoms with E-state index >= 15 is 0 Å². The van der Waals surface area contributed by atoms with Crippen LogP contribution >= 0.6 is 11.8 Å². The van der Waals surface area contributed by atoms with Crippen molar-refractivity contribution >= 4 is 23.5 Å². The fraction of sp³-hybridized carbons (Fsp3) is 0.188. The Kier molecular flexibility index (Phi) is 6.64.